The number of aromatic nitrogens is 1. The molecule has 1 N–H and O–H groups in total. The van der Waals surface area contributed by atoms with Crippen molar-refractivity contribution in [2.75, 3.05) is 13.1 Å². The van der Waals surface area contributed by atoms with Gasteiger partial charge in [0.05, 0.1) is 10.7 Å². The topological polar surface area (TPSA) is 24.9 Å². The van der Waals surface area contributed by atoms with Crippen LogP contribution in [0.2, 0.25) is 0 Å². The van der Waals surface area contributed by atoms with E-state index in [0.717, 1.165) is 12.5 Å². The number of nitrogens with zero attached hydrogens (tertiary/aromatic N) is 1. The van der Waals surface area contributed by atoms with Crippen LogP contribution in [0.25, 0.3) is 0 Å². The highest BCUT2D eigenvalue weighted by atomic mass is 32.1. The molecule has 0 amide bonds. The standard InChI is InChI=1S/C12H18N2S/c1-2-10-11(8-3-4-8)14-12(15-10)9-5-6-13-7-9/h8-9,13H,2-7H2,1H3. The van der Waals surface area contributed by atoms with Gasteiger partial charge in [0.1, 0.15) is 0 Å². The Balaban J connectivity index is 1.88. The highest BCUT2D eigenvalue weighted by Gasteiger charge is 2.30. The predicted octanol–water partition coefficient (Wildman–Crippen LogP) is 2.66. The van der Waals surface area contributed by atoms with Crippen molar-refractivity contribution >= 4 is 11.3 Å². The molecule has 0 spiro atoms. The van der Waals surface area contributed by atoms with Gasteiger partial charge < -0.3 is 5.32 Å². The zero-order valence-corrected chi connectivity index (χ0v) is 10.1. The van der Waals surface area contributed by atoms with Crippen LogP contribution >= 0.6 is 11.3 Å². The van der Waals surface area contributed by atoms with Crippen molar-refractivity contribution < 1.29 is 0 Å². The normalized spacial score (nSPS) is 26.1. The van der Waals surface area contributed by atoms with E-state index in [1.54, 1.807) is 4.88 Å². The summed E-state index contributed by atoms with van der Waals surface area (Å²) in [6.45, 7) is 4.57. The van der Waals surface area contributed by atoms with Crippen LogP contribution in [0, 0.1) is 0 Å². The second-order valence-corrected chi connectivity index (χ2v) is 5.79. The summed E-state index contributed by atoms with van der Waals surface area (Å²) in [6, 6.07) is 0. The number of hydrogen-bond acceptors (Lipinski definition) is 3. The van der Waals surface area contributed by atoms with E-state index in [4.69, 9.17) is 4.98 Å². The molecule has 2 aliphatic rings. The van der Waals surface area contributed by atoms with Gasteiger partial charge in [-0.15, -0.1) is 11.3 Å². The lowest BCUT2D eigenvalue weighted by Crippen LogP contribution is -2.07. The van der Waals surface area contributed by atoms with E-state index in [9.17, 15) is 0 Å². The van der Waals surface area contributed by atoms with Crippen molar-refractivity contribution in [3.05, 3.63) is 15.6 Å². The molecule has 1 aromatic heterocycles. The Morgan fingerprint density at radius 2 is 2.20 bits per heavy atom. The maximum atomic E-state index is 4.90. The summed E-state index contributed by atoms with van der Waals surface area (Å²) in [5.74, 6) is 1.52. The molecule has 1 unspecified atom stereocenters. The fourth-order valence-electron chi connectivity index (χ4n) is 2.35. The fourth-order valence-corrected chi connectivity index (χ4v) is 3.58. The lowest BCUT2D eigenvalue weighted by molar-refractivity contribution is 0.749. The summed E-state index contributed by atoms with van der Waals surface area (Å²) in [5.41, 5.74) is 1.45. The van der Waals surface area contributed by atoms with Gasteiger partial charge in [-0.1, -0.05) is 6.92 Å². The Kier molecular flexibility index (Phi) is 2.53. The Morgan fingerprint density at radius 3 is 2.80 bits per heavy atom. The molecule has 1 aliphatic carbocycles. The van der Waals surface area contributed by atoms with Crippen molar-refractivity contribution in [1.82, 2.24) is 10.3 Å². The first kappa shape index (κ1) is 9.79. The van der Waals surface area contributed by atoms with Gasteiger partial charge in [-0.05, 0) is 32.2 Å². The minimum Gasteiger partial charge on any atom is -0.316 e. The van der Waals surface area contributed by atoms with E-state index < -0.39 is 0 Å². The third-order valence-corrected chi connectivity index (χ3v) is 4.82. The smallest absolute Gasteiger partial charge is 0.0975 e. The first-order chi connectivity index (χ1) is 7.38. The number of rotatable bonds is 3. The lowest BCUT2D eigenvalue weighted by Gasteiger charge is -2.01. The van der Waals surface area contributed by atoms with Crippen molar-refractivity contribution in [3.8, 4) is 0 Å². The molecule has 2 heterocycles. The molecule has 82 valence electrons. The molecule has 1 atom stereocenters. The Hall–Kier alpha value is -0.410. The molecule has 1 aliphatic heterocycles. The third-order valence-electron chi connectivity index (χ3n) is 3.44. The molecular formula is C12H18N2S. The Morgan fingerprint density at radius 1 is 1.33 bits per heavy atom. The second-order valence-electron chi connectivity index (χ2n) is 4.68. The fraction of sp³-hybridized carbons (Fsp3) is 0.750. The zero-order valence-electron chi connectivity index (χ0n) is 9.25. The summed E-state index contributed by atoms with van der Waals surface area (Å²) < 4.78 is 0. The summed E-state index contributed by atoms with van der Waals surface area (Å²) >= 11 is 1.97. The van der Waals surface area contributed by atoms with Crippen molar-refractivity contribution in [2.45, 2.75) is 44.4 Å². The third kappa shape index (κ3) is 1.83. The average molecular weight is 222 g/mol. The molecule has 1 aromatic rings. The molecule has 0 aromatic carbocycles. The molecular weight excluding hydrogens is 204 g/mol. The van der Waals surface area contributed by atoms with Crippen LogP contribution in [-0.4, -0.2) is 18.1 Å². The number of hydrogen-bond donors (Lipinski definition) is 1. The lowest BCUT2D eigenvalue weighted by atomic mass is 10.1. The van der Waals surface area contributed by atoms with Crippen LogP contribution in [-0.2, 0) is 6.42 Å². The maximum Gasteiger partial charge on any atom is 0.0975 e. The molecule has 3 heteroatoms. The van der Waals surface area contributed by atoms with Crippen LogP contribution in [0.5, 0.6) is 0 Å². The Labute approximate surface area is 95.1 Å². The quantitative estimate of drug-likeness (QED) is 0.850. The zero-order chi connectivity index (χ0) is 10.3. The van der Waals surface area contributed by atoms with Crippen LogP contribution in [0.3, 0.4) is 0 Å². The van der Waals surface area contributed by atoms with Crippen LogP contribution in [0.1, 0.15) is 53.6 Å². The van der Waals surface area contributed by atoms with Crippen molar-refractivity contribution in [3.63, 3.8) is 0 Å². The van der Waals surface area contributed by atoms with Crippen LogP contribution in [0.4, 0.5) is 0 Å². The maximum absolute atomic E-state index is 4.90. The SMILES string of the molecule is CCc1sc(C2CCNC2)nc1C1CC1. The van der Waals surface area contributed by atoms with Crippen molar-refractivity contribution in [2.24, 2.45) is 0 Å². The molecule has 3 rings (SSSR count). The van der Waals surface area contributed by atoms with Crippen LogP contribution < -0.4 is 5.32 Å². The molecule has 0 radical (unpaired) electrons. The minimum atomic E-state index is 0.702. The molecule has 1 saturated carbocycles. The van der Waals surface area contributed by atoms with Crippen molar-refractivity contribution in [1.29, 1.82) is 0 Å². The Bertz CT molecular complexity index is 349. The molecule has 15 heavy (non-hydrogen) atoms. The molecule has 0 bridgehead atoms. The first-order valence-corrected chi connectivity index (χ1v) is 6.90. The average Bonchev–Trinajstić information content (AvgIpc) is 2.83. The van der Waals surface area contributed by atoms with Gasteiger partial charge in [0, 0.05) is 23.3 Å². The van der Waals surface area contributed by atoms with E-state index in [2.05, 4.69) is 12.2 Å². The van der Waals surface area contributed by atoms with Gasteiger partial charge in [0.25, 0.3) is 0 Å². The van der Waals surface area contributed by atoms with Gasteiger partial charge in [0.15, 0.2) is 0 Å². The predicted molar refractivity (Wildman–Crippen MR) is 63.7 cm³/mol. The summed E-state index contributed by atoms with van der Waals surface area (Å²) in [6.07, 6.45) is 5.20. The highest BCUT2D eigenvalue weighted by molar-refractivity contribution is 7.11. The minimum absolute atomic E-state index is 0.702. The van der Waals surface area contributed by atoms with Gasteiger partial charge in [-0.25, -0.2) is 4.98 Å². The van der Waals surface area contributed by atoms with Gasteiger partial charge in [-0.2, -0.15) is 0 Å². The van der Waals surface area contributed by atoms with Gasteiger partial charge in [0.2, 0.25) is 0 Å². The monoisotopic (exact) mass is 222 g/mol. The summed E-state index contributed by atoms with van der Waals surface area (Å²) in [4.78, 5) is 6.46. The first-order valence-electron chi connectivity index (χ1n) is 6.08. The number of nitrogens with one attached hydrogen (secondary N) is 1. The largest absolute Gasteiger partial charge is 0.316 e. The highest BCUT2D eigenvalue weighted by Crippen LogP contribution is 2.44. The van der Waals surface area contributed by atoms with E-state index in [0.29, 0.717) is 5.92 Å². The van der Waals surface area contributed by atoms with E-state index in [-0.39, 0.29) is 0 Å². The van der Waals surface area contributed by atoms with E-state index in [1.807, 2.05) is 11.3 Å². The summed E-state index contributed by atoms with van der Waals surface area (Å²) in [7, 11) is 0. The van der Waals surface area contributed by atoms with E-state index in [1.165, 1.54) is 42.9 Å². The molecule has 1 saturated heterocycles. The van der Waals surface area contributed by atoms with Gasteiger partial charge >= 0.3 is 0 Å². The van der Waals surface area contributed by atoms with E-state index >= 15 is 0 Å². The van der Waals surface area contributed by atoms with Crippen LogP contribution in [0.15, 0.2) is 0 Å². The number of aryl methyl sites for hydroxylation is 1. The summed E-state index contributed by atoms with van der Waals surface area (Å²) in [5, 5.41) is 4.83. The molecule has 2 fully saturated rings. The molecule has 2 nitrogen and oxygen atoms in total. The second kappa shape index (κ2) is 3.87. The van der Waals surface area contributed by atoms with Gasteiger partial charge in [-0.3, -0.25) is 0 Å². The number of thiazole rings is 1.